The maximum atomic E-state index is 5.33. The van der Waals surface area contributed by atoms with Crippen molar-refractivity contribution in [3.63, 3.8) is 0 Å². The van der Waals surface area contributed by atoms with E-state index in [9.17, 15) is 0 Å². The molecule has 0 aromatic carbocycles. The first-order chi connectivity index (χ1) is 3.41. The van der Waals surface area contributed by atoms with Gasteiger partial charge in [-0.15, -0.1) is 23.2 Å². The van der Waals surface area contributed by atoms with Gasteiger partial charge < -0.3 is 5.32 Å². The number of halogens is 2. The maximum absolute atomic E-state index is 5.33. The molecule has 0 aromatic rings. The minimum atomic E-state index is 0.664. The molecule has 0 spiro atoms. The summed E-state index contributed by atoms with van der Waals surface area (Å²) in [6, 6.07) is 0. The van der Waals surface area contributed by atoms with Crippen molar-refractivity contribution >= 4 is 23.2 Å². The molecule has 0 aliphatic rings. The van der Waals surface area contributed by atoms with Crippen LogP contribution < -0.4 is 5.32 Å². The minimum Gasteiger partial charge on any atom is -0.314 e. The van der Waals surface area contributed by atoms with Gasteiger partial charge in [0, 0.05) is 24.8 Å². The molecule has 0 atom stereocenters. The zero-order valence-electron chi connectivity index (χ0n) is 4.08. The van der Waals surface area contributed by atoms with E-state index in [2.05, 4.69) is 5.32 Å². The van der Waals surface area contributed by atoms with Gasteiger partial charge in [0.25, 0.3) is 0 Å². The minimum absolute atomic E-state index is 0.664. The van der Waals surface area contributed by atoms with Gasteiger partial charge in [-0.05, 0) is 0 Å². The Morgan fingerprint density at radius 1 is 1.00 bits per heavy atom. The van der Waals surface area contributed by atoms with E-state index in [-0.39, 0.29) is 0 Å². The first-order valence-corrected chi connectivity index (χ1v) is 3.31. The normalized spacial score (nSPS) is 9.43. The molecule has 0 fully saturated rings. The fraction of sp³-hybridized carbons (Fsp3) is 1.00. The molecule has 0 bridgehead atoms. The molecule has 44 valence electrons. The second-order valence-corrected chi connectivity index (χ2v) is 1.88. The third kappa shape index (κ3) is 6.54. The molecule has 0 rings (SSSR count). The molecule has 0 aromatic heterocycles. The fourth-order valence-corrected chi connectivity index (χ4v) is 0.526. The van der Waals surface area contributed by atoms with Gasteiger partial charge in [0.1, 0.15) is 0 Å². The van der Waals surface area contributed by atoms with Crippen LogP contribution in [0, 0.1) is 0 Å². The van der Waals surface area contributed by atoms with Crippen LogP contribution in [0.5, 0.6) is 0 Å². The average Bonchev–Trinajstić information content (AvgIpc) is 1.69. The van der Waals surface area contributed by atoms with E-state index >= 15 is 0 Å². The second kappa shape index (κ2) is 6.54. The lowest BCUT2D eigenvalue weighted by Gasteiger charge is -1.93. The van der Waals surface area contributed by atoms with E-state index in [1.807, 2.05) is 0 Å². The van der Waals surface area contributed by atoms with Gasteiger partial charge in [-0.1, -0.05) is 0 Å². The number of hydrogen-bond acceptors (Lipinski definition) is 1. The van der Waals surface area contributed by atoms with E-state index < -0.39 is 0 Å². The molecule has 0 heterocycles. The van der Waals surface area contributed by atoms with Crippen molar-refractivity contribution in [2.45, 2.75) is 0 Å². The Kier molecular flexibility index (Phi) is 7.04. The highest BCUT2D eigenvalue weighted by atomic mass is 35.5. The van der Waals surface area contributed by atoms with Crippen LogP contribution >= 0.6 is 23.2 Å². The van der Waals surface area contributed by atoms with Crippen molar-refractivity contribution in [2.75, 3.05) is 24.8 Å². The summed E-state index contributed by atoms with van der Waals surface area (Å²) in [6.07, 6.45) is 0. The van der Waals surface area contributed by atoms with E-state index in [1.165, 1.54) is 0 Å². The second-order valence-electron chi connectivity index (χ2n) is 1.13. The summed E-state index contributed by atoms with van der Waals surface area (Å²) in [7, 11) is 0. The molecule has 0 radical (unpaired) electrons. The third-order valence-electron chi connectivity index (χ3n) is 0.543. The fourth-order valence-electron chi connectivity index (χ4n) is 0.259. The van der Waals surface area contributed by atoms with Crippen LogP contribution in [-0.4, -0.2) is 24.8 Å². The molecule has 3 heteroatoms. The lowest BCUT2D eigenvalue weighted by Crippen LogP contribution is -2.18. The molecule has 1 nitrogen and oxygen atoms in total. The van der Waals surface area contributed by atoms with Crippen molar-refractivity contribution in [2.24, 2.45) is 0 Å². The van der Waals surface area contributed by atoms with Crippen LogP contribution in [0.25, 0.3) is 0 Å². The van der Waals surface area contributed by atoms with E-state index in [1.54, 1.807) is 0 Å². The average molecular weight is 146 g/mol. The van der Waals surface area contributed by atoms with E-state index in [0.29, 0.717) is 11.8 Å². The summed E-state index contributed by atoms with van der Waals surface area (Å²) >= 11 is 10.7. The van der Waals surface area contributed by atoms with Gasteiger partial charge in [0.05, 0.1) is 0 Å². The molecule has 0 aliphatic carbocycles. The van der Waals surface area contributed by atoms with Crippen molar-refractivity contribution in [3.05, 3.63) is 0 Å². The van der Waals surface area contributed by atoms with Gasteiger partial charge in [0.2, 0.25) is 0 Å². The van der Waals surface area contributed by atoms with Gasteiger partial charge in [-0.25, -0.2) is 0 Å². The summed E-state index contributed by atoms with van der Waals surface area (Å²) in [4.78, 5) is 0. The van der Waals surface area contributed by atoms with Crippen LogP contribution in [0.2, 0.25) is 0 Å². The summed E-state index contributed by atoms with van der Waals surface area (Å²) in [6.45, 7) is 1.71. The summed E-state index contributed by atoms with van der Waals surface area (Å²) in [5.41, 5.74) is 0. The van der Waals surface area contributed by atoms with Gasteiger partial charge in [-0.3, -0.25) is 0 Å². The molecule has 0 saturated heterocycles. The Balaban J connectivity index is 2.45. The summed E-state index contributed by atoms with van der Waals surface area (Å²) < 4.78 is 0. The van der Waals surface area contributed by atoms with Crippen LogP contribution in [0.3, 0.4) is 0 Å². The Labute approximate surface area is 54.0 Å². The number of alkyl halides is 2. The SMILES string of the molecule is Cl[13CH2][13CH2]N[13CH2][13CH2]Cl. The number of rotatable bonds is 4. The first kappa shape index (κ1) is 7.54. The van der Waals surface area contributed by atoms with Crippen molar-refractivity contribution < 1.29 is 0 Å². The predicted molar refractivity (Wildman–Crippen MR) is 34.3 cm³/mol. The Morgan fingerprint density at radius 2 is 1.43 bits per heavy atom. The van der Waals surface area contributed by atoms with Gasteiger partial charge >= 0.3 is 0 Å². The third-order valence-corrected chi connectivity index (χ3v) is 0.921. The molecule has 1 N–H and O–H groups in total. The standard InChI is InChI=1S/C4H9Cl2N/c5-1-3-7-4-2-6/h7H,1-4H2/i1+1,2+1,3+1,4+1. The van der Waals surface area contributed by atoms with Crippen LogP contribution in [-0.2, 0) is 0 Å². The van der Waals surface area contributed by atoms with E-state index in [4.69, 9.17) is 23.2 Å². The van der Waals surface area contributed by atoms with Crippen LogP contribution in [0.4, 0.5) is 0 Å². The topological polar surface area (TPSA) is 12.0 Å². The predicted octanol–water partition coefficient (Wildman–Crippen LogP) is 1.05. The summed E-state index contributed by atoms with van der Waals surface area (Å²) in [5, 5.41) is 3.02. The highest BCUT2D eigenvalue weighted by Crippen LogP contribution is 1.71. The quantitative estimate of drug-likeness (QED) is 0.355. The van der Waals surface area contributed by atoms with Gasteiger partial charge in [-0.2, -0.15) is 0 Å². The number of hydrogen-bond donors (Lipinski definition) is 1. The molecule has 7 heavy (non-hydrogen) atoms. The number of nitrogens with one attached hydrogen (secondary N) is 1. The van der Waals surface area contributed by atoms with Crippen molar-refractivity contribution in [1.29, 1.82) is 0 Å². The van der Waals surface area contributed by atoms with Crippen LogP contribution in [0.1, 0.15) is 0 Å². The molecule has 0 unspecified atom stereocenters. The molecular weight excluding hydrogens is 137 g/mol. The van der Waals surface area contributed by atoms with Crippen molar-refractivity contribution in [3.8, 4) is 0 Å². The maximum Gasteiger partial charge on any atom is 0.0348 e. The van der Waals surface area contributed by atoms with Gasteiger partial charge in [0.15, 0.2) is 0 Å². The molecule has 0 aliphatic heterocycles. The van der Waals surface area contributed by atoms with Crippen LogP contribution in [0.15, 0.2) is 0 Å². The molecular formula is C4H9Cl2N. The van der Waals surface area contributed by atoms with Crippen molar-refractivity contribution in [1.82, 2.24) is 5.32 Å². The van der Waals surface area contributed by atoms with E-state index in [0.717, 1.165) is 13.1 Å². The zero-order chi connectivity index (χ0) is 5.54. The largest absolute Gasteiger partial charge is 0.314 e. The highest BCUT2D eigenvalue weighted by molar-refractivity contribution is 6.18. The zero-order valence-corrected chi connectivity index (χ0v) is 5.60. The first-order valence-electron chi connectivity index (χ1n) is 2.24. The summed E-state index contributed by atoms with van der Waals surface area (Å²) in [5.74, 6) is 1.33. The molecule has 0 saturated carbocycles. The Bertz CT molecular complexity index is 28.9. The lowest BCUT2D eigenvalue weighted by atomic mass is 11.5. The lowest BCUT2D eigenvalue weighted by molar-refractivity contribution is 0.770. The highest BCUT2D eigenvalue weighted by Gasteiger charge is 1.78. The Hall–Kier alpha value is 0.540. The Morgan fingerprint density at radius 3 is 1.71 bits per heavy atom. The smallest absolute Gasteiger partial charge is 0.0348 e. The monoisotopic (exact) mass is 145 g/mol. The molecule has 0 amide bonds.